The van der Waals surface area contributed by atoms with Crippen LogP contribution < -0.4 is 5.32 Å². The van der Waals surface area contributed by atoms with Gasteiger partial charge in [0.05, 0.1) is 0 Å². The van der Waals surface area contributed by atoms with Crippen molar-refractivity contribution >= 4 is 11.8 Å². The van der Waals surface area contributed by atoms with E-state index < -0.39 is 0 Å². The largest absolute Gasteiger partial charge is 0.387 e. The molecule has 0 fully saturated rings. The van der Waals surface area contributed by atoms with Crippen LogP contribution in [0.3, 0.4) is 0 Å². The van der Waals surface area contributed by atoms with Crippen LogP contribution >= 0.6 is 11.8 Å². The van der Waals surface area contributed by atoms with Crippen molar-refractivity contribution in [3.05, 3.63) is 11.6 Å². The van der Waals surface area contributed by atoms with Crippen LogP contribution in [-0.4, -0.2) is 11.8 Å². The molecule has 1 N–H and O–H groups in total. The molecule has 1 aliphatic rings. The zero-order valence-corrected chi connectivity index (χ0v) is 5.16. The highest BCUT2D eigenvalue weighted by atomic mass is 32.2. The molecule has 0 amide bonds. The Morgan fingerprint density at radius 3 is 3.00 bits per heavy atom. The normalized spacial score (nSPS) is 29.6. The van der Waals surface area contributed by atoms with E-state index in [-0.39, 0.29) is 0 Å². The van der Waals surface area contributed by atoms with Gasteiger partial charge in [0.15, 0.2) is 0 Å². The van der Waals surface area contributed by atoms with Crippen LogP contribution in [0.1, 0.15) is 6.92 Å². The second-order valence-electron chi connectivity index (χ2n) is 1.70. The molecule has 0 aromatic carbocycles. The Morgan fingerprint density at radius 1 is 1.86 bits per heavy atom. The molecule has 1 atom stereocenters. The monoisotopic (exact) mass is 115 g/mol. The Bertz CT molecular complexity index is 80.1. The first-order chi connectivity index (χ1) is 3.39. The maximum atomic E-state index is 3.18. The first kappa shape index (κ1) is 5.04. The van der Waals surface area contributed by atoms with Gasteiger partial charge in [0.1, 0.15) is 0 Å². The minimum atomic E-state index is 0.662. The van der Waals surface area contributed by atoms with Gasteiger partial charge in [-0.2, -0.15) is 0 Å². The third-order valence-electron chi connectivity index (χ3n) is 0.891. The molecule has 0 aliphatic carbocycles. The molecule has 0 radical (unpaired) electrons. The molecule has 2 heteroatoms. The van der Waals surface area contributed by atoms with Crippen LogP contribution in [0.25, 0.3) is 0 Å². The summed E-state index contributed by atoms with van der Waals surface area (Å²) in [5.74, 6) is 1.20. The summed E-state index contributed by atoms with van der Waals surface area (Å²) in [4.78, 5) is 0. The summed E-state index contributed by atoms with van der Waals surface area (Å²) in [6, 6.07) is 0.662. The molecule has 1 nitrogen and oxygen atoms in total. The molecule has 1 aliphatic heterocycles. The Morgan fingerprint density at radius 2 is 2.71 bits per heavy atom. The lowest BCUT2D eigenvalue weighted by Gasteiger charge is -2.13. The van der Waals surface area contributed by atoms with Gasteiger partial charge in [-0.15, -0.1) is 11.8 Å². The zero-order valence-electron chi connectivity index (χ0n) is 4.35. The molecule has 40 valence electrons. The third kappa shape index (κ3) is 1.43. The van der Waals surface area contributed by atoms with E-state index in [0.717, 1.165) is 0 Å². The third-order valence-corrected chi connectivity index (χ3v) is 1.91. The molecule has 7 heavy (non-hydrogen) atoms. The van der Waals surface area contributed by atoms with Crippen molar-refractivity contribution in [1.29, 1.82) is 0 Å². The van der Waals surface area contributed by atoms with E-state index >= 15 is 0 Å². The fourth-order valence-electron chi connectivity index (χ4n) is 0.500. The molecule has 1 unspecified atom stereocenters. The van der Waals surface area contributed by atoms with Crippen LogP contribution in [0, 0.1) is 0 Å². The molecule has 0 aromatic rings. The van der Waals surface area contributed by atoms with E-state index in [1.165, 1.54) is 5.75 Å². The number of nitrogens with one attached hydrogen (secondary N) is 1. The second kappa shape index (κ2) is 2.26. The number of thioether (sulfide) groups is 1. The first-order valence-electron chi connectivity index (χ1n) is 2.42. The van der Waals surface area contributed by atoms with Crippen molar-refractivity contribution in [2.45, 2.75) is 13.0 Å². The van der Waals surface area contributed by atoms with Gasteiger partial charge < -0.3 is 5.32 Å². The maximum absolute atomic E-state index is 3.18. The van der Waals surface area contributed by atoms with Crippen LogP contribution in [0.2, 0.25) is 0 Å². The predicted octanol–water partition coefficient (Wildman–Crippen LogP) is 1.18. The van der Waals surface area contributed by atoms with Gasteiger partial charge in [0.2, 0.25) is 0 Å². The molecule has 1 heterocycles. The van der Waals surface area contributed by atoms with Crippen LogP contribution in [0.5, 0.6) is 0 Å². The molecule has 0 spiro atoms. The average Bonchev–Trinajstić information content (AvgIpc) is 1.69. The molecular formula is C5H9NS. The van der Waals surface area contributed by atoms with E-state index in [1.54, 1.807) is 0 Å². The van der Waals surface area contributed by atoms with Crippen molar-refractivity contribution in [3.8, 4) is 0 Å². The standard InChI is InChI=1S/C5H9NS/c1-5-4-7-3-2-6-5/h2-3,5-6H,4H2,1H3. The minimum absolute atomic E-state index is 0.662. The van der Waals surface area contributed by atoms with E-state index in [1.807, 2.05) is 18.0 Å². The smallest absolute Gasteiger partial charge is 0.0321 e. The molecule has 0 saturated carbocycles. The van der Waals surface area contributed by atoms with Gasteiger partial charge in [0, 0.05) is 18.0 Å². The van der Waals surface area contributed by atoms with Crippen molar-refractivity contribution in [3.63, 3.8) is 0 Å². The van der Waals surface area contributed by atoms with Gasteiger partial charge in [0.25, 0.3) is 0 Å². The summed E-state index contributed by atoms with van der Waals surface area (Å²) in [6.07, 6.45) is 2.00. The molecule has 0 aromatic heterocycles. The maximum Gasteiger partial charge on any atom is 0.0321 e. The van der Waals surface area contributed by atoms with E-state index in [2.05, 4.69) is 17.6 Å². The van der Waals surface area contributed by atoms with Gasteiger partial charge in [-0.1, -0.05) is 0 Å². The van der Waals surface area contributed by atoms with Gasteiger partial charge in [-0.05, 0) is 12.3 Å². The number of hydrogen-bond donors (Lipinski definition) is 1. The summed E-state index contributed by atoms with van der Waals surface area (Å²) in [6.45, 7) is 2.18. The molecular weight excluding hydrogens is 106 g/mol. The van der Waals surface area contributed by atoms with Gasteiger partial charge in [-0.25, -0.2) is 0 Å². The van der Waals surface area contributed by atoms with Crippen molar-refractivity contribution in [2.24, 2.45) is 0 Å². The molecule has 0 saturated heterocycles. The zero-order chi connectivity index (χ0) is 5.11. The fourth-order valence-corrected chi connectivity index (χ4v) is 1.17. The quantitative estimate of drug-likeness (QED) is 0.509. The van der Waals surface area contributed by atoms with E-state index in [9.17, 15) is 0 Å². The van der Waals surface area contributed by atoms with E-state index in [0.29, 0.717) is 6.04 Å². The lowest BCUT2D eigenvalue weighted by molar-refractivity contribution is 0.709. The Balaban J connectivity index is 2.32. The Kier molecular flexibility index (Phi) is 1.63. The highest BCUT2D eigenvalue weighted by Gasteiger charge is 1.98. The van der Waals surface area contributed by atoms with Gasteiger partial charge in [-0.3, -0.25) is 0 Å². The van der Waals surface area contributed by atoms with Crippen LogP contribution in [0.4, 0.5) is 0 Å². The lowest BCUT2D eigenvalue weighted by Crippen LogP contribution is -2.24. The summed E-state index contributed by atoms with van der Waals surface area (Å²) >= 11 is 1.86. The van der Waals surface area contributed by atoms with Crippen LogP contribution in [-0.2, 0) is 0 Å². The lowest BCUT2D eigenvalue weighted by atomic mass is 10.4. The topological polar surface area (TPSA) is 12.0 Å². The van der Waals surface area contributed by atoms with Crippen molar-refractivity contribution in [1.82, 2.24) is 5.32 Å². The second-order valence-corrected chi connectivity index (χ2v) is 2.64. The SMILES string of the molecule is CC1CSC=CN1. The number of hydrogen-bond acceptors (Lipinski definition) is 2. The summed E-state index contributed by atoms with van der Waals surface area (Å²) < 4.78 is 0. The summed E-state index contributed by atoms with van der Waals surface area (Å²) in [7, 11) is 0. The number of rotatable bonds is 0. The average molecular weight is 115 g/mol. The summed E-state index contributed by atoms with van der Waals surface area (Å²) in [5.41, 5.74) is 0. The predicted molar refractivity (Wildman–Crippen MR) is 34.2 cm³/mol. The summed E-state index contributed by atoms with van der Waals surface area (Å²) in [5, 5.41) is 5.26. The molecule has 0 bridgehead atoms. The van der Waals surface area contributed by atoms with Crippen molar-refractivity contribution in [2.75, 3.05) is 5.75 Å². The Labute approximate surface area is 48.2 Å². The highest BCUT2D eigenvalue weighted by Crippen LogP contribution is 2.07. The first-order valence-corrected chi connectivity index (χ1v) is 3.47. The molecule has 1 rings (SSSR count). The highest BCUT2D eigenvalue weighted by molar-refractivity contribution is 8.02. The van der Waals surface area contributed by atoms with Crippen molar-refractivity contribution < 1.29 is 0 Å². The van der Waals surface area contributed by atoms with E-state index in [4.69, 9.17) is 0 Å². The minimum Gasteiger partial charge on any atom is -0.387 e. The fraction of sp³-hybridized carbons (Fsp3) is 0.600. The van der Waals surface area contributed by atoms with Crippen LogP contribution in [0.15, 0.2) is 11.6 Å². The Hall–Kier alpha value is -0.110. The van der Waals surface area contributed by atoms with Gasteiger partial charge >= 0.3 is 0 Å².